The summed E-state index contributed by atoms with van der Waals surface area (Å²) in [4.78, 5) is 9.76. The number of amides is 1. The van der Waals surface area contributed by atoms with Crippen LogP contribution in [0.1, 0.15) is 0 Å². The Kier molecular flexibility index (Phi) is 2.90. The van der Waals surface area contributed by atoms with E-state index in [1.165, 1.54) is 24.3 Å². The van der Waals surface area contributed by atoms with Gasteiger partial charge >= 0.3 is 6.41 Å². The Morgan fingerprint density at radius 2 is 2.08 bits per heavy atom. The Balaban J connectivity index is 3.15. The molecule has 0 aliphatic heterocycles. The van der Waals surface area contributed by atoms with Gasteiger partial charge in [0.25, 0.3) is 10.0 Å². The minimum atomic E-state index is -3.79. The molecule has 0 atom stereocenters. The number of halogens is 1. The number of hydrogen-bond acceptors (Lipinski definition) is 3. The second-order valence-electron chi connectivity index (χ2n) is 2.16. The van der Waals surface area contributed by atoms with E-state index in [9.17, 15) is 13.2 Å². The van der Waals surface area contributed by atoms with Crippen molar-refractivity contribution in [2.24, 2.45) is 0 Å². The van der Waals surface area contributed by atoms with Crippen LogP contribution in [0.5, 0.6) is 0 Å². The molecule has 0 aliphatic carbocycles. The lowest BCUT2D eigenvalue weighted by Gasteiger charge is -2.00. The fourth-order valence-electron chi connectivity index (χ4n) is 0.748. The van der Waals surface area contributed by atoms with E-state index in [0.29, 0.717) is 0 Å². The highest BCUT2D eigenvalue weighted by Gasteiger charge is 2.12. The monoisotopic (exact) mass is 218 g/mol. The van der Waals surface area contributed by atoms with Crippen molar-refractivity contribution in [3.8, 4) is 0 Å². The van der Waals surface area contributed by atoms with Crippen molar-refractivity contribution in [2.75, 3.05) is 0 Å². The van der Waals surface area contributed by atoms with Gasteiger partial charge in [0.1, 0.15) is 0 Å². The molecule has 0 fully saturated rings. The van der Waals surface area contributed by atoms with Crippen LogP contribution in [0.15, 0.2) is 29.2 Å². The zero-order valence-electron chi connectivity index (χ0n) is 6.32. The van der Waals surface area contributed by atoms with Crippen molar-refractivity contribution >= 4 is 28.0 Å². The second kappa shape index (κ2) is 3.76. The first-order chi connectivity index (χ1) is 6.06. The maximum atomic E-state index is 11.2. The minimum absolute atomic E-state index is 0.0663. The highest BCUT2D eigenvalue weighted by Crippen LogP contribution is 2.14. The first-order valence-electron chi connectivity index (χ1n) is 3.21. The zero-order chi connectivity index (χ0) is 9.90. The summed E-state index contributed by atoms with van der Waals surface area (Å²) in [5.74, 6) is 0. The van der Waals surface area contributed by atoms with Gasteiger partial charge in [-0.2, -0.15) is 0 Å². The maximum Gasteiger partial charge on any atom is 0.324 e. The summed E-state index contributed by atoms with van der Waals surface area (Å²) in [6.07, 6.45) is 1.09. The Hall–Kier alpha value is -1.07. The summed E-state index contributed by atoms with van der Waals surface area (Å²) < 4.78 is 23.9. The zero-order valence-corrected chi connectivity index (χ0v) is 7.89. The van der Waals surface area contributed by atoms with E-state index in [1.54, 1.807) is 4.72 Å². The van der Waals surface area contributed by atoms with E-state index in [1.807, 2.05) is 0 Å². The highest BCUT2D eigenvalue weighted by molar-refractivity contribution is 7.90. The van der Waals surface area contributed by atoms with Crippen LogP contribution in [-0.4, -0.2) is 14.8 Å². The molecule has 1 rings (SSSR count). The van der Waals surface area contributed by atoms with E-state index in [0.717, 1.165) is 6.41 Å². The van der Waals surface area contributed by atoms with Gasteiger partial charge in [0, 0.05) is 5.02 Å². The van der Waals surface area contributed by atoms with Gasteiger partial charge in [0.05, 0.1) is 4.90 Å². The van der Waals surface area contributed by atoms with Gasteiger partial charge in [0.15, 0.2) is 0 Å². The summed E-state index contributed by atoms with van der Waals surface area (Å²) >= 11 is 5.56. The van der Waals surface area contributed by atoms with E-state index >= 15 is 0 Å². The molecule has 4 nitrogen and oxygen atoms in total. The van der Waals surface area contributed by atoms with Crippen molar-refractivity contribution in [1.82, 2.24) is 4.72 Å². The van der Waals surface area contributed by atoms with Crippen LogP contribution >= 0.6 is 11.6 Å². The normalized spacial score (nSPS) is 10.8. The average molecular weight is 219 g/mol. The molecule has 0 saturated carbocycles. The quantitative estimate of drug-likeness (QED) is 0.760. The van der Waals surface area contributed by atoms with Crippen molar-refractivity contribution in [1.29, 1.82) is 0 Å². The van der Waals surface area contributed by atoms with Crippen LogP contribution in [0, 0.1) is 0 Å². The van der Waals surface area contributed by atoms with Crippen molar-refractivity contribution in [2.45, 2.75) is 4.90 Å². The molecule has 0 aromatic heterocycles. The minimum Gasteiger partial charge on any atom is -0.262 e. The van der Waals surface area contributed by atoms with Gasteiger partial charge in [-0.15, -0.1) is 0 Å². The molecule has 6 heteroatoms. The summed E-state index contributed by atoms with van der Waals surface area (Å²) in [6, 6.07) is 5.57. The Bertz CT molecular complexity index is 416. The third-order valence-electron chi connectivity index (χ3n) is 1.28. The molecule has 1 aromatic rings. The molecule has 0 saturated heterocycles. The molecule has 1 N–H and O–H groups in total. The predicted octanol–water partition coefficient (Wildman–Crippen LogP) is 0.685. The molecule has 1 radical (unpaired) electrons. The molecule has 69 valence electrons. The lowest BCUT2D eigenvalue weighted by Crippen LogP contribution is -2.21. The van der Waals surface area contributed by atoms with Crippen LogP contribution < -0.4 is 4.72 Å². The summed E-state index contributed by atoms with van der Waals surface area (Å²) in [5, 5.41) is 0.286. The molecule has 0 heterocycles. The molecule has 13 heavy (non-hydrogen) atoms. The van der Waals surface area contributed by atoms with Crippen LogP contribution in [0.3, 0.4) is 0 Å². The van der Waals surface area contributed by atoms with Gasteiger partial charge < -0.3 is 0 Å². The standard InChI is InChI=1S/C7H5ClNO3S/c8-6-2-1-3-7(4-6)13(11,12)9-5-10/h1-4H,(H,9,10). The topological polar surface area (TPSA) is 63.2 Å². The first kappa shape index (κ1) is 10.0. The van der Waals surface area contributed by atoms with Crippen LogP contribution in [0.2, 0.25) is 5.02 Å². The number of sulfonamides is 1. The van der Waals surface area contributed by atoms with Gasteiger partial charge in [0.2, 0.25) is 0 Å². The molecular formula is C7H5ClNO3S. The Morgan fingerprint density at radius 1 is 1.38 bits per heavy atom. The van der Waals surface area contributed by atoms with Gasteiger partial charge in [-0.25, -0.2) is 13.1 Å². The van der Waals surface area contributed by atoms with E-state index in [4.69, 9.17) is 11.6 Å². The highest BCUT2D eigenvalue weighted by atomic mass is 35.5. The molecular weight excluding hydrogens is 214 g/mol. The number of rotatable bonds is 3. The molecule has 1 amide bonds. The Labute approximate surface area is 80.6 Å². The Morgan fingerprint density at radius 3 is 2.62 bits per heavy atom. The smallest absolute Gasteiger partial charge is 0.262 e. The van der Waals surface area contributed by atoms with Crippen LogP contribution in [0.25, 0.3) is 0 Å². The summed E-state index contributed by atoms with van der Waals surface area (Å²) in [5.41, 5.74) is 0. The van der Waals surface area contributed by atoms with Crippen molar-refractivity contribution < 1.29 is 13.2 Å². The largest absolute Gasteiger partial charge is 0.324 e. The molecule has 1 aromatic carbocycles. The van der Waals surface area contributed by atoms with Crippen LogP contribution in [0.4, 0.5) is 0 Å². The summed E-state index contributed by atoms with van der Waals surface area (Å²) in [7, 11) is -3.79. The lowest BCUT2D eigenvalue weighted by atomic mass is 10.4. The third kappa shape index (κ3) is 2.43. The summed E-state index contributed by atoms with van der Waals surface area (Å²) in [6.45, 7) is 0. The maximum absolute atomic E-state index is 11.2. The van der Waals surface area contributed by atoms with E-state index in [-0.39, 0.29) is 9.92 Å². The third-order valence-corrected chi connectivity index (χ3v) is 2.74. The van der Waals surface area contributed by atoms with Crippen molar-refractivity contribution in [3.05, 3.63) is 29.3 Å². The van der Waals surface area contributed by atoms with Crippen molar-refractivity contribution in [3.63, 3.8) is 0 Å². The average Bonchev–Trinajstić information content (AvgIpc) is 2.04. The second-order valence-corrected chi connectivity index (χ2v) is 4.28. The number of carbonyl (C=O) groups excluding carboxylic acids is 1. The van der Waals surface area contributed by atoms with E-state index in [2.05, 4.69) is 0 Å². The predicted molar refractivity (Wildman–Crippen MR) is 47.5 cm³/mol. The van der Waals surface area contributed by atoms with Gasteiger partial charge in [-0.3, -0.25) is 4.79 Å². The number of nitrogens with one attached hydrogen (secondary N) is 1. The fraction of sp³-hybridized carbons (Fsp3) is 0. The molecule has 0 aliphatic rings. The van der Waals surface area contributed by atoms with Gasteiger partial charge in [-0.05, 0) is 18.2 Å². The van der Waals surface area contributed by atoms with Gasteiger partial charge in [-0.1, -0.05) is 17.7 Å². The molecule has 0 unspecified atom stereocenters. The fourth-order valence-corrected chi connectivity index (χ4v) is 1.77. The van der Waals surface area contributed by atoms with E-state index < -0.39 is 10.0 Å². The number of hydrogen-bond donors (Lipinski definition) is 1. The molecule has 0 spiro atoms. The number of benzene rings is 1. The first-order valence-corrected chi connectivity index (χ1v) is 5.07. The van der Waals surface area contributed by atoms with Crippen LogP contribution in [-0.2, 0) is 14.8 Å². The SMILES string of the molecule is O=[C]NS(=O)(=O)c1cccc(Cl)c1. The molecule has 0 bridgehead atoms. The lowest BCUT2D eigenvalue weighted by molar-refractivity contribution is 0.547.